The van der Waals surface area contributed by atoms with Crippen LogP contribution in [0.5, 0.6) is 0 Å². The minimum Gasteiger partial charge on any atom is -0.476 e. The molecule has 0 saturated heterocycles. The highest BCUT2D eigenvalue weighted by atomic mass is 16.4. The van der Waals surface area contributed by atoms with Crippen molar-refractivity contribution < 1.29 is 9.90 Å². The van der Waals surface area contributed by atoms with Gasteiger partial charge in [0, 0.05) is 16.5 Å². The molecule has 0 aliphatic rings. The van der Waals surface area contributed by atoms with Gasteiger partial charge in [0.15, 0.2) is 5.69 Å². The minimum atomic E-state index is -1.03. The number of carbonyl (C=O) groups is 1. The summed E-state index contributed by atoms with van der Waals surface area (Å²) < 4.78 is 0. The van der Waals surface area contributed by atoms with E-state index >= 15 is 0 Å². The molecule has 0 aliphatic heterocycles. The average Bonchev–Trinajstić information content (AvgIpc) is 2.67. The Morgan fingerprint density at radius 1 is 0.680 bits per heavy atom. The number of fused-ring (bicyclic) bond motifs is 1. The molecule has 0 fully saturated rings. The first-order chi connectivity index (χ1) is 12.3. The second-order valence-corrected chi connectivity index (χ2v) is 5.76. The summed E-state index contributed by atoms with van der Waals surface area (Å²) in [6.07, 6.45) is 0. The van der Waals surface area contributed by atoms with Gasteiger partial charge in [0.05, 0.1) is 5.52 Å². The van der Waals surface area contributed by atoms with Gasteiger partial charge < -0.3 is 5.11 Å². The van der Waals surface area contributed by atoms with Crippen LogP contribution in [0.25, 0.3) is 33.2 Å². The summed E-state index contributed by atoms with van der Waals surface area (Å²) in [6, 6.07) is 27.1. The third-order valence-corrected chi connectivity index (χ3v) is 4.22. The lowest BCUT2D eigenvalue weighted by Crippen LogP contribution is -2.06. The molecule has 0 spiro atoms. The van der Waals surface area contributed by atoms with Gasteiger partial charge in [0.2, 0.25) is 0 Å². The van der Waals surface area contributed by atoms with E-state index in [1.807, 2.05) is 84.9 Å². The molecule has 0 saturated carbocycles. The zero-order valence-corrected chi connectivity index (χ0v) is 13.4. The number of nitrogens with zero attached hydrogens (tertiary/aromatic N) is 1. The van der Waals surface area contributed by atoms with Crippen LogP contribution < -0.4 is 0 Å². The molecule has 0 atom stereocenters. The summed E-state index contributed by atoms with van der Waals surface area (Å²) >= 11 is 0. The van der Waals surface area contributed by atoms with Crippen LogP contribution in [0.4, 0.5) is 0 Å². The number of carboxylic acids is 1. The molecule has 25 heavy (non-hydrogen) atoms. The molecular weight excluding hydrogens is 310 g/mol. The first-order valence-electron chi connectivity index (χ1n) is 8.02. The largest absolute Gasteiger partial charge is 0.476 e. The van der Waals surface area contributed by atoms with E-state index in [1.54, 1.807) is 0 Å². The van der Waals surface area contributed by atoms with Crippen molar-refractivity contribution in [2.24, 2.45) is 0 Å². The third kappa shape index (κ3) is 2.66. The second-order valence-electron chi connectivity index (χ2n) is 5.76. The monoisotopic (exact) mass is 325 g/mol. The summed E-state index contributed by atoms with van der Waals surface area (Å²) in [5, 5.41) is 10.7. The fourth-order valence-corrected chi connectivity index (χ4v) is 3.16. The van der Waals surface area contributed by atoms with Crippen LogP contribution >= 0.6 is 0 Å². The van der Waals surface area contributed by atoms with Gasteiger partial charge in [-0.2, -0.15) is 0 Å². The summed E-state index contributed by atoms with van der Waals surface area (Å²) in [5.41, 5.74) is 4.12. The first kappa shape index (κ1) is 15.1. The third-order valence-electron chi connectivity index (χ3n) is 4.22. The summed E-state index contributed by atoms with van der Waals surface area (Å²) in [7, 11) is 0. The number of rotatable bonds is 3. The van der Waals surface area contributed by atoms with Crippen LogP contribution in [0, 0.1) is 0 Å². The second kappa shape index (κ2) is 6.21. The molecular formula is C22H15NO2. The van der Waals surface area contributed by atoms with E-state index in [0.717, 1.165) is 22.1 Å². The fraction of sp³-hybridized carbons (Fsp3) is 0. The van der Waals surface area contributed by atoms with Gasteiger partial charge >= 0.3 is 5.97 Å². The highest BCUT2D eigenvalue weighted by molar-refractivity contribution is 6.09. The topological polar surface area (TPSA) is 50.2 Å². The Morgan fingerprint density at radius 3 is 1.80 bits per heavy atom. The van der Waals surface area contributed by atoms with Crippen LogP contribution in [0.15, 0.2) is 84.9 Å². The number of hydrogen-bond donors (Lipinski definition) is 1. The Bertz CT molecular complexity index is 1060. The van der Waals surface area contributed by atoms with E-state index in [4.69, 9.17) is 0 Å². The Labute approximate surface area is 145 Å². The summed E-state index contributed by atoms with van der Waals surface area (Å²) in [4.78, 5) is 16.4. The summed E-state index contributed by atoms with van der Waals surface area (Å²) in [6.45, 7) is 0. The smallest absolute Gasteiger partial charge is 0.355 e. The van der Waals surface area contributed by atoms with Gasteiger partial charge in [-0.05, 0) is 17.2 Å². The van der Waals surface area contributed by atoms with Crippen molar-refractivity contribution in [3.63, 3.8) is 0 Å². The molecule has 0 bridgehead atoms. The molecule has 3 nitrogen and oxygen atoms in total. The van der Waals surface area contributed by atoms with Crippen molar-refractivity contribution in [3.05, 3.63) is 90.6 Å². The van der Waals surface area contributed by atoms with Gasteiger partial charge in [-0.3, -0.25) is 0 Å². The van der Waals surface area contributed by atoms with E-state index < -0.39 is 5.97 Å². The van der Waals surface area contributed by atoms with Crippen LogP contribution in [0.3, 0.4) is 0 Å². The predicted octanol–water partition coefficient (Wildman–Crippen LogP) is 5.27. The number of aromatic nitrogens is 1. The normalized spacial score (nSPS) is 10.7. The molecule has 4 aromatic rings. The molecule has 4 rings (SSSR count). The van der Waals surface area contributed by atoms with E-state index in [0.29, 0.717) is 11.1 Å². The maximum Gasteiger partial charge on any atom is 0.355 e. The minimum absolute atomic E-state index is 0.0729. The number of benzene rings is 3. The lowest BCUT2D eigenvalue weighted by Gasteiger charge is -2.16. The quantitative estimate of drug-likeness (QED) is 0.558. The van der Waals surface area contributed by atoms with Crippen LogP contribution in [-0.4, -0.2) is 16.1 Å². The Hall–Kier alpha value is -3.46. The standard InChI is InChI=1S/C22H15NO2/c24-22(25)21-20(16-11-5-2-6-12-16)19(15-9-3-1-4-10-15)17-13-7-8-14-18(17)23-21/h1-14H,(H,24,25). The van der Waals surface area contributed by atoms with Crippen molar-refractivity contribution in [2.45, 2.75) is 0 Å². The van der Waals surface area contributed by atoms with Crippen molar-refractivity contribution >= 4 is 16.9 Å². The van der Waals surface area contributed by atoms with Crippen LogP contribution in [-0.2, 0) is 0 Å². The number of aromatic carboxylic acids is 1. The van der Waals surface area contributed by atoms with Crippen molar-refractivity contribution in [2.75, 3.05) is 0 Å². The predicted molar refractivity (Wildman–Crippen MR) is 99.6 cm³/mol. The number of para-hydroxylation sites is 1. The van der Waals surface area contributed by atoms with Crippen LogP contribution in [0.2, 0.25) is 0 Å². The van der Waals surface area contributed by atoms with Crippen molar-refractivity contribution in [3.8, 4) is 22.3 Å². The number of hydrogen-bond acceptors (Lipinski definition) is 2. The van der Waals surface area contributed by atoms with Gasteiger partial charge in [-0.1, -0.05) is 78.9 Å². The van der Waals surface area contributed by atoms with E-state index in [1.165, 1.54) is 0 Å². The molecule has 120 valence electrons. The Balaban J connectivity index is 2.20. The van der Waals surface area contributed by atoms with Gasteiger partial charge in [0.1, 0.15) is 0 Å². The lowest BCUT2D eigenvalue weighted by atomic mass is 9.90. The number of pyridine rings is 1. The Morgan fingerprint density at radius 2 is 1.20 bits per heavy atom. The zero-order chi connectivity index (χ0) is 17.2. The summed E-state index contributed by atoms with van der Waals surface area (Å²) in [5.74, 6) is -1.03. The maximum atomic E-state index is 12.0. The molecule has 0 aliphatic carbocycles. The fourth-order valence-electron chi connectivity index (χ4n) is 3.16. The van der Waals surface area contributed by atoms with Gasteiger partial charge in [0.25, 0.3) is 0 Å². The SMILES string of the molecule is O=C(O)c1nc2ccccc2c(-c2ccccc2)c1-c1ccccc1. The Kier molecular flexibility index (Phi) is 3.75. The molecule has 0 amide bonds. The molecule has 1 N–H and O–H groups in total. The zero-order valence-electron chi connectivity index (χ0n) is 13.4. The molecule has 0 radical (unpaired) electrons. The average molecular weight is 325 g/mol. The van der Waals surface area contributed by atoms with E-state index in [2.05, 4.69) is 4.98 Å². The highest BCUT2D eigenvalue weighted by Crippen LogP contribution is 2.39. The number of carboxylic acid groups (broad SMARTS) is 1. The van der Waals surface area contributed by atoms with E-state index in [9.17, 15) is 9.90 Å². The van der Waals surface area contributed by atoms with Gasteiger partial charge in [-0.25, -0.2) is 9.78 Å². The van der Waals surface area contributed by atoms with Gasteiger partial charge in [-0.15, -0.1) is 0 Å². The van der Waals surface area contributed by atoms with Crippen molar-refractivity contribution in [1.82, 2.24) is 4.98 Å². The molecule has 3 aromatic carbocycles. The maximum absolute atomic E-state index is 12.0. The van der Waals surface area contributed by atoms with Crippen LogP contribution in [0.1, 0.15) is 10.5 Å². The van der Waals surface area contributed by atoms with E-state index in [-0.39, 0.29) is 5.69 Å². The molecule has 1 aromatic heterocycles. The molecule has 3 heteroatoms. The van der Waals surface area contributed by atoms with Crippen molar-refractivity contribution in [1.29, 1.82) is 0 Å². The molecule has 0 unspecified atom stereocenters. The lowest BCUT2D eigenvalue weighted by molar-refractivity contribution is 0.0692. The first-order valence-corrected chi connectivity index (χ1v) is 8.02. The highest BCUT2D eigenvalue weighted by Gasteiger charge is 2.21. The molecule has 1 heterocycles.